The predicted molar refractivity (Wildman–Crippen MR) is 208 cm³/mol. The number of esters is 2. The molecule has 51 heavy (non-hydrogen) atoms. The van der Waals surface area contributed by atoms with Gasteiger partial charge in [0.1, 0.15) is 19.8 Å². The van der Waals surface area contributed by atoms with E-state index in [-0.39, 0.29) is 26.1 Å². The number of nitrogens with zero attached hydrogens (tertiary/aromatic N) is 1. The van der Waals surface area contributed by atoms with E-state index in [0.717, 1.165) is 51.4 Å². The van der Waals surface area contributed by atoms with Gasteiger partial charge in [-0.3, -0.25) is 14.2 Å². The molecule has 0 N–H and O–H groups in total. The van der Waals surface area contributed by atoms with Gasteiger partial charge in [-0.1, -0.05) is 124 Å². The standard InChI is InChI=1S/C41H66NO8P/c1-6-8-10-12-14-16-18-20-22-23-25-27-29-31-33-40(43)47-37-39(38-49-51(45,46)48-36-35-42(3,4)5)50-41(44)34-32-30-28-26-24-21-19-17-15-13-11-9-7-2/h8-11,13-17,19-22,24,26,28,39H,6-7,12,18,23,25,27,29-38H2,1-5H3/b10-8+,11-9+,15-13+,16-14+,19-17+,22-20+,24-21+,28-26+. The van der Waals surface area contributed by atoms with E-state index < -0.39 is 32.5 Å². The Morgan fingerprint density at radius 1 is 0.627 bits per heavy atom. The fraction of sp³-hybridized carbons (Fsp3) is 0.561. The van der Waals surface area contributed by atoms with Crippen molar-refractivity contribution in [3.8, 4) is 0 Å². The maximum atomic E-state index is 12.6. The van der Waals surface area contributed by atoms with Gasteiger partial charge < -0.3 is 27.9 Å². The summed E-state index contributed by atoms with van der Waals surface area (Å²) >= 11 is 0. The number of quaternary nitrogens is 1. The molecule has 0 heterocycles. The number of hydrogen-bond acceptors (Lipinski definition) is 8. The van der Waals surface area contributed by atoms with E-state index in [0.29, 0.717) is 30.3 Å². The van der Waals surface area contributed by atoms with E-state index in [1.807, 2.05) is 75.8 Å². The zero-order valence-electron chi connectivity index (χ0n) is 32.0. The maximum absolute atomic E-state index is 12.6. The number of phosphoric ester groups is 1. The minimum absolute atomic E-state index is 0.0543. The monoisotopic (exact) mass is 731 g/mol. The predicted octanol–water partition coefficient (Wildman–Crippen LogP) is 9.21. The third-order valence-electron chi connectivity index (χ3n) is 6.98. The van der Waals surface area contributed by atoms with E-state index >= 15 is 0 Å². The topological polar surface area (TPSA) is 111 Å². The Morgan fingerprint density at radius 2 is 1.18 bits per heavy atom. The average Bonchev–Trinajstić information content (AvgIpc) is 3.07. The van der Waals surface area contributed by atoms with Crippen LogP contribution in [0.2, 0.25) is 0 Å². The quantitative estimate of drug-likeness (QED) is 0.0173. The van der Waals surface area contributed by atoms with Crippen molar-refractivity contribution < 1.29 is 42.1 Å². The van der Waals surface area contributed by atoms with Crippen LogP contribution in [0.25, 0.3) is 0 Å². The van der Waals surface area contributed by atoms with Gasteiger partial charge in [0.25, 0.3) is 7.82 Å². The second kappa shape index (κ2) is 32.8. The van der Waals surface area contributed by atoms with Crippen molar-refractivity contribution >= 4 is 19.8 Å². The Balaban J connectivity index is 4.64. The van der Waals surface area contributed by atoms with E-state index in [4.69, 9.17) is 18.5 Å². The molecule has 0 saturated heterocycles. The lowest BCUT2D eigenvalue weighted by atomic mass is 10.1. The van der Waals surface area contributed by atoms with Crippen molar-refractivity contribution in [2.75, 3.05) is 47.5 Å². The number of rotatable bonds is 31. The molecule has 0 amide bonds. The lowest BCUT2D eigenvalue weighted by Crippen LogP contribution is -2.37. The zero-order chi connectivity index (χ0) is 37.9. The number of carbonyl (C=O) groups excluding carboxylic acids is 2. The highest BCUT2D eigenvalue weighted by Gasteiger charge is 2.21. The summed E-state index contributed by atoms with van der Waals surface area (Å²) in [6, 6.07) is 0. The third kappa shape index (κ3) is 36.5. The summed E-state index contributed by atoms with van der Waals surface area (Å²) in [5.74, 6) is -0.963. The van der Waals surface area contributed by atoms with Crippen molar-refractivity contribution in [1.82, 2.24) is 0 Å². The number of hydrogen-bond donors (Lipinski definition) is 0. The van der Waals surface area contributed by atoms with Gasteiger partial charge in [-0.15, -0.1) is 0 Å². The largest absolute Gasteiger partial charge is 0.756 e. The van der Waals surface area contributed by atoms with Crippen LogP contribution in [0.3, 0.4) is 0 Å². The molecule has 0 aliphatic carbocycles. The highest BCUT2D eigenvalue weighted by atomic mass is 31.2. The number of allylic oxidation sites excluding steroid dienone is 16. The van der Waals surface area contributed by atoms with E-state index in [1.165, 1.54) is 0 Å². The van der Waals surface area contributed by atoms with Gasteiger partial charge in [-0.2, -0.15) is 0 Å². The van der Waals surface area contributed by atoms with Crippen LogP contribution in [-0.4, -0.2) is 70.0 Å². The molecule has 288 valence electrons. The molecule has 0 aliphatic rings. The first-order valence-corrected chi connectivity index (χ1v) is 20.0. The second-order valence-corrected chi connectivity index (χ2v) is 14.4. The second-order valence-electron chi connectivity index (χ2n) is 12.9. The number of unbranched alkanes of at least 4 members (excludes halogenated alkanes) is 5. The van der Waals surface area contributed by atoms with Crippen molar-refractivity contribution in [3.63, 3.8) is 0 Å². The summed E-state index contributed by atoms with van der Waals surface area (Å²) in [6.45, 7) is 3.80. The van der Waals surface area contributed by atoms with Gasteiger partial charge in [0, 0.05) is 12.8 Å². The van der Waals surface area contributed by atoms with Crippen molar-refractivity contribution in [3.05, 3.63) is 97.2 Å². The first kappa shape index (κ1) is 47.9. The fourth-order valence-corrected chi connectivity index (χ4v) is 4.84. The Morgan fingerprint density at radius 3 is 1.82 bits per heavy atom. The Hall–Kier alpha value is -3.07. The molecule has 10 heteroatoms. The molecule has 0 fully saturated rings. The molecular weight excluding hydrogens is 665 g/mol. The summed E-state index contributed by atoms with van der Waals surface area (Å²) in [7, 11) is 1.08. The normalized spacial score (nSPS) is 14.9. The lowest BCUT2D eigenvalue weighted by Gasteiger charge is -2.28. The minimum Gasteiger partial charge on any atom is -0.756 e. The van der Waals surface area contributed by atoms with Gasteiger partial charge in [0.05, 0.1) is 27.7 Å². The summed E-state index contributed by atoms with van der Waals surface area (Å²) in [4.78, 5) is 37.3. The minimum atomic E-state index is -4.65. The molecule has 0 spiro atoms. The van der Waals surface area contributed by atoms with Gasteiger partial charge in [-0.05, 0) is 57.8 Å². The van der Waals surface area contributed by atoms with Crippen molar-refractivity contribution in [1.29, 1.82) is 0 Å². The molecule has 0 bridgehead atoms. The molecule has 0 aromatic rings. The number of phosphoric acid groups is 1. The van der Waals surface area contributed by atoms with Gasteiger partial charge >= 0.3 is 11.9 Å². The smallest absolute Gasteiger partial charge is 0.306 e. The van der Waals surface area contributed by atoms with Crippen LogP contribution >= 0.6 is 7.82 Å². The summed E-state index contributed by atoms with van der Waals surface area (Å²) in [5.41, 5.74) is 0. The molecule has 2 unspecified atom stereocenters. The van der Waals surface area contributed by atoms with Gasteiger partial charge in [0.2, 0.25) is 0 Å². The lowest BCUT2D eigenvalue weighted by molar-refractivity contribution is -0.870. The van der Waals surface area contributed by atoms with Crippen LogP contribution < -0.4 is 4.89 Å². The molecule has 0 aromatic heterocycles. The summed E-state index contributed by atoms with van der Waals surface area (Å²) in [6.07, 6.45) is 41.7. The van der Waals surface area contributed by atoms with Crippen LogP contribution in [0.4, 0.5) is 0 Å². The number of ether oxygens (including phenoxy) is 2. The highest BCUT2D eigenvalue weighted by molar-refractivity contribution is 7.45. The molecule has 0 aliphatic heterocycles. The number of carbonyl (C=O) groups is 2. The Labute approximate surface area is 309 Å². The average molecular weight is 732 g/mol. The molecule has 0 aromatic carbocycles. The Bertz CT molecular complexity index is 1190. The first-order valence-electron chi connectivity index (χ1n) is 18.5. The van der Waals surface area contributed by atoms with E-state index in [2.05, 4.69) is 56.4 Å². The molecule has 0 rings (SSSR count). The van der Waals surface area contributed by atoms with Gasteiger partial charge in [0.15, 0.2) is 6.10 Å². The fourth-order valence-electron chi connectivity index (χ4n) is 4.11. The molecule has 2 atom stereocenters. The third-order valence-corrected chi connectivity index (χ3v) is 7.94. The van der Waals surface area contributed by atoms with Crippen molar-refractivity contribution in [2.24, 2.45) is 0 Å². The van der Waals surface area contributed by atoms with E-state index in [1.54, 1.807) is 0 Å². The van der Waals surface area contributed by atoms with Crippen LogP contribution in [0.15, 0.2) is 97.2 Å². The Kier molecular flexibility index (Phi) is 30.8. The molecule has 0 saturated carbocycles. The highest BCUT2D eigenvalue weighted by Crippen LogP contribution is 2.38. The number of likely N-dealkylation sites (N-methyl/N-ethyl adjacent to an activating group) is 1. The van der Waals surface area contributed by atoms with Crippen LogP contribution in [0, 0.1) is 0 Å². The van der Waals surface area contributed by atoms with Crippen LogP contribution in [0.1, 0.15) is 97.3 Å². The maximum Gasteiger partial charge on any atom is 0.306 e. The van der Waals surface area contributed by atoms with Crippen LogP contribution in [0.5, 0.6) is 0 Å². The summed E-state index contributed by atoms with van der Waals surface area (Å²) in [5, 5.41) is 0. The molecular formula is C41H66NO8P. The summed E-state index contributed by atoms with van der Waals surface area (Å²) < 4.78 is 33.6. The van der Waals surface area contributed by atoms with Crippen molar-refractivity contribution in [2.45, 2.75) is 103 Å². The SMILES string of the molecule is CC/C=C/C=C/C=C/C=C/C=C/CCCC(=O)OC(COC(=O)CCCCCC/C=C/C/C=C/C/C=C/CC)COP(=O)([O-])OCC[N+](C)(C)C. The molecule has 0 radical (unpaired) electrons. The van der Waals surface area contributed by atoms with Gasteiger partial charge in [-0.25, -0.2) is 0 Å². The molecule has 9 nitrogen and oxygen atoms in total. The zero-order valence-corrected chi connectivity index (χ0v) is 32.9. The van der Waals surface area contributed by atoms with E-state index in [9.17, 15) is 19.0 Å². The van der Waals surface area contributed by atoms with Crippen LogP contribution in [-0.2, 0) is 32.7 Å². The first-order chi connectivity index (χ1) is 24.5.